The number of hydrogen-bond acceptors (Lipinski definition) is 5. The third-order valence-corrected chi connectivity index (χ3v) is 4.44. The number of aromatic carboxylic acids is 1. The molecule has 0 heterocycles. The maximum absolute atomic E-state index is 11.4. The molecule has 0 atom stereocenters. The summed E-state index contributed by atoms with van der Waals surface area (Å²) < 4.78 is 9.81. The lowest BCUT2D eigenvalue weighted by Gasteiger charge is -2.09. The van der Waals surface area contributed by atoms with Crippen LogP contribution in [0.2, 0.25) is 0 Å². The molecular weight excluding hydrogens is 328 g/mol. The molecule has 126 valence electrons. The van der Waals surface area contributed by atoms with Crippen molar-refractivity contribution in [2.75, 3.05) is 14.2 Å². The summed E-state index contributed by atoms with van der Waals surface area (Å²) in [6.45, 7) is 0. The minimum Gasteiger partial charge on any atom is -0.497 e. The third-order valence-electron chi connectivity index (χ3n) is 3.39. The lowest BCUT2D eigenvalue weighted by atomic mass is 10.1. The highest BCUT2D eigenvalue weighted by molar-refractivity contribution is 7.99. The molecule has 1 N–H and O–H groups in total. The number of rotatable bonds is 7. The van der Waals surface area contributed by atoms with Crippen LogP contribution in [0.15, 0.2) is 52.3 Å². The van der Waals surface area contributed by atoms with Gasteiger partial charge in [0.25, 0.3) is 0 Å². The molecule has 0 aliphatic heterocycles. The van der Waals surface area contributed by atoms with Crippen molar-refractivity contribution < 1.29 is 24.2 Å². The standard InChI is InChI=1S/C18H18O5S/c1-22-13-7-8-15(18(20)21)16(11-13)24-14-5-3-4-12(10-14)6-9-17(19)23-2/h3-5,7-8,10-11H,6,9H2,1-2H3,(H,20,21). The molecule has 0 aromatic heterocycles. The van der Waals surface area contributed by atoms with Crippen LogP contribution in [0, 0.1) is 0 Å². The lowest BCUT2D eigenvalue weighted by Crippen LogP contribution is -2.02. The number of ether oxygens (including phenoxy) is 2. The van der Waals surface area contributed by atoms with Crippen molar-refractivity contribution in [2.24, 2.45) is 0 Å². The van der Waals surface area contributed by atoms with Gasteiger partial charge < -0.3 is 14.6 Å². The molecule has 5 nitrogen and oxygen atoms in total. The van der Waals surface area contributed by atoms with Crippen molar-refractivity contribution in [1.82, 2.24) is 0 Å². The van der Waals surface area contributed by atoms with Gasteiger partial charge in [-0.05, 0) is 42.3 Å². The number of benzene rings is 2. The van der Waals surface area contributed by atoms with Crippen molar-refractivity contribution in [1.29, 1.82) is 0 Å². The van der Waals surface area contributed by atoms with Crippen LogP contribution in [-0.4, -0.2) is 31.3 Å². The Labute approximate surface area is 144 Å². The van der Waals surface area contributed by atoms with E-state index in [0.29, 0.717) is 23.5 Å². The lowest BCUT2D eigenvalue weighted by molar-refractivity contribution is -0.140. The van der Waals surface area contributed by atoms with Crippen LogP contribution < -0.4 is 4.74 Å². The highest BCUT2D eigenvalue weighted by Gasteiger charge is 2.13. The van der Waals surface area contributed by atoms with Gasteiger partial charge >= 0.3 is 11.9 Å². The van der Waals surface area contributed by atoms with Crippen LogP contribution in [0.5, 0.6) is 5.75 Å². The summed E-state index contributed by atoms with van der Waals surface area (Å²) in [6, 6.07) is 12.5. The third kappa shape index (κ3) is 4.76. The molecule has 2 aromatic carbocycles. The first kappa shape index (κ1) is 17.9. The van der Waals surface area contributed by atoms with E-state index in [9.17, 15) is 14.7 Å². The predicted octanol–water partition coefficient (Wildman–Crippen LogP) is 3.65. The van der Waals surface area contributed by atoms with Gasteiger partial charge in [0, 0.05) is 16.2 Å². The molecular formula is C18H18O5S. The van der Waals surface area contributed by atoms with Crippen molar-refractivity contribution in [3.63, 3.8) is 0 Å². The van der Waals surface area contributed by atoms with Crippen molar-refractivity contribution in [2.45, 2.75) is 22.6 Å². The second kappa shape index (κ2) is 8.40. The first-order valence-electron chi connectivity index (χ1n) is 7.28. The summed E-state index contributed by atoms with van der Waals surface area (Å²) in [6.07, 6.45) is 0.884. The van der Waals surface area contributed by atoms with Gasteiger partial charge in [-0.2, -0.15) is 0 Å². The van der Waals surface area contributed by atoms with E-state index in [-0.39, 0.29) is 11.5 Å². The van der Waals surface area contributed by atoms with E-state index in [1.165, 1.54) is 32.0 Å². The van der Waals surface area contributed by atoms with E-state index in [4.69, 9.17) is 4.74 Å². The number of methoxy groups -OCH3 is 2. The van der Waals surface area contributed by atoms with Gasteiger partial charge in [0.2, 0.25) is 0 Å². The number of carboxylic acids is 1. The Morgan fingerprint density at radius 2 is 1.92 bits per heavy atom. The Balaban J connectivity index is 2.21. The van der Waals surface area contributed by atoms with E-state index in [1.54, 1.807) is 12.1 Å². The zero-order valence-electron chi connectivity index (χ0n) is 13.4. The number of carbonyl (C=O) groups is 2. The van der Waals surface area contributed by atoms with Gasteiger partial charge in [-0.1, -0.05) is 23.9 Å². The summed E-state index contributed by atoms with van der Waals surface area (Å²) in [4.78, 5) is 24.1. The largest absolute Gasteiger partial charge is 0.497 e. The molecule has 0 saturated heterocycles. The second-order valence-corrected chi connectivity index (χ2v) is 6.11. The zero-order chi connectivity index (χ0) is 17.5. The fraction of sp³-hybridized carbons (Fsp3) is 0.222. The number of esters is 1. The number of aryl methyl sites for hydroxylation is 1. The van der Waals surface area contributed by atoms with Gasteiger partial charge in [0.05, 0.1) is 19.8 Å². The molecule has 0 radical (unpaired) electrons. The molecule has 0 aliphatic rings. The smallest absolute Gasteiger partial charge is 0.336 e. The van der Waals surface area contributed by atoms with E-state index < -0.39 is 5.97 Å². The van der Waals surface area contributed by atoms with E-state index in [0.717, 1.165) is 10.5 Å². The monoisotopic (exact) mass is 346 g/mol. The van der Waals surface area contributed by atoms with Crippen molar-refractivity contribution in [3.8, 4) is 5.75 Å². The maximum atomic E-state index is 11.4. The summed E-state index contributed by atoms with van der Waals surface area (Å²) in [5.74, 6) is -0.639. The minimum absolute atomic E-state index is 0.223. The normalized spacial score (nSPS) is 10.2. The summed E-state index contributed by atoms with van der Waals surface area (Å²) in [5, 5.41) is 9.33. The fourth-order valence-corrected chi connectivity index (χ4v) is 3.18. The maximum Gasteiger partial charge on any atom is 0.336 e. The van der Waals surface area contributed by atoms with Crippen molar-refractivity contribution >= 4 is 23.7 Å². The molecule has 2 rings (SSSR count). The Morgan fingerprint density at radius 3 is 2.58 bits per heavy atom. The highest BCUT2D eigenvalue weighted by Crippen LogP contribution is 2.33. The summed E-state index contributed by atoms with van der Waals surface area (Å²) >= 11 is 1.35. The topological polar surface area (TPSA) is 72.8 Å². The zero-order valence-corrected chi connectivity index (χ0v) is 14.3. The molecule has 0 aliphatic carbocycles. The molecule has 0 bridgehead atoms. The molecule has 24 heavy (non-hydrogen) atoms. The summed E-state index contributed by atoms with van der Waals surface area (Å²) in [5.41, 5.74) is 1.21. The Hall–Kier alpha value is -2.47. The van der Waals surface area contributed by atoms with Gasteiger partial charge in [0.1, 0.15) is 5.75 Å². The minimum atomic E-state index is -0.984. The van der Waals surface area contributed by atoms with Crippen molar-refractivity contribution in [3.05, 3.63) is 53.6 Å². The SMILES string of the molecule is COC(=O)CCc1cccc(Sc2cc(OC)ccc2C(=O)O)c1. The molecule has 0 saturated carbocycles. The molecule has 6 heteroatoms. The Morgan fingerprint density at radius 1 is 1.12 bits per heavy atom. The van der Waals surface area contributed by atoms with E-state index >= 15 is 0 Å². The number of hydrogen-bond donors (Lipinski definition) is 1. The molecule has 0 amide bonds. The average molecular weight is 346 g/mol. The predicted molar refractivity (Wildman–Crippen MR) is 90.9 cm³/mol. The molecule has 0 spiro atoms. The van der Waals surface area contributed by atoms with Crippen LogP contribution in [0.1, 0.15) is 22.3 Å². The van der Waals surface area contributed by atoms with Crippen LogP contribution >= 0.6 is 11.8 Å². The first-order chi connectivity index (χ1) is 11.5. The van der Waals surface area contributed by atoms with Crippen LogP contribution in [-0.2, 0) is 16.0 Å². The Bertz CT molecular complexity index is 742. The fourth-order valence-electron chi connectivity index (χ4n) is 2.13. The highest BCUT2D eigenvalue weighted by atomic mass is 32.2. The average Bonchev–Trinajstić information content (AvgIpc) is 2.59. The second-order valence-electron chi connectivity index (χ2n) is 4.99. The quantitative estimate of drug-likeness (QED) is 0.772. The van der Waals surface area contributed by atoms with E-state index in [2.05, 4.69) is 4.74 Å². The summed E-state index contributed by atoms with van der Waals surface area (Å²) in [7, 11) is 2.91. The van der Waals surface area contributed by atoms with E-state index in [1.807, 2.05) is 24.3 Å². The van der Waals surface area contributed by atoms with Gasteiger partial charge in [-0.15, -0.1) is 0 Å². The van der Waals surface area contributed by atoms with Crippen LogP contribution in [0.25, 0.3) is 0 Å². The molecule has 0 fully saturated rings. The number of carboxylic acid groups (broad SMARTS) is 1. The Kier molecular flexibility index (Phi) is 6.26. The number of carbonyl (C=O) groups excluding carboxylic acids is 1. The van der Waals surface area contributed by atoms with Gasteiger partial charge in [0.15, 0.2) is 0 Å². The van der Waals surface area contributed by atoms with Gasteiger partial charge in [-0.25, -0.2) is 4.79 Å². The van der Waals surface area contributed by atoms with Crippen LogP contribution in [0.3, 0.4) is 0 Å². The van der Waals surface area contributed by atoms with Crippen LogP contribution in [0.4, 0.5) is 0 Å². The molecule has 2 aromatic rings. The van der Waals surface area contributed by atoms with Gasteiger partial charge in [-0.3, -0.25) is 4.79 Å². The molecule has 0 unspecified atom stereocenters. The first-order valence-corrected chi connectivity index (χ1v) is 8.10.